The summed E-state index contributed by atoms with van der Waals surface area (Å²) in [6.45, 7) is 3.10. The highest BCUT2D eigenvalue weighted by atomic mass is 32.2. The Bertz CT molecular complexity index is 542. The summed E-state index contributed by atoms with van der Waals surface area (Å²) in [7, 11) is 1.56. The number of carbonyl (C=O) groups is 2. The Hall–Kier alpha value is -1.49. The topological polar surface area (TPSA) is 57.6 Å². The van der Waals surface area contributed by atoms with E-state index >= 15 is 0 Å². The third-order valence-corrected chi connectivity index (χ3v) is 5.14. The summed E-state index contributed by atoms with van der Waals surface area (Å²) in [4.78, 5) is 25.3. The molecule has 1 unspecified atom stereocenters. The first-order valence-corrected chi connectivity index (χ1v) is 7.61. The van der Waals surface area contributed by atoms with Gasteiger partial charge in [0, 0.05) is 7.05 Å². The van der Waals surface area contributed by atoms with Crippen molar-refractivity contribution in [1.29, 1.82) is 0 Å². The lowest BCUT2D eigenvalue weighted by atomic mass is 9.98. The van der Waals surface area contributed by atoms with Crippen LogP contribution >= 0.6 is 11.8 Å². The molecule has 0 aliphatic carbocycles. The van der Waals surface area contributed by atoms with Crippen molar-refractivity contribution in [3.8, 4) is 0 Å². The lowest BCUT2D eigenvalue weighted by molar-refractivity contribution is -0.155. The second-order valence-corrected chi connectivity index (χ2v) is 6.67. The van der Waals surface area contributed by atoms with Crippen molar-refractivity contribution in [2.24, 2.45) is 0 Å². The Morgan fingerprint density at radius 1 is 1.35 bits per heavy atom. The maximum atomic E-state index is 12.7. The maximum absolute atomic E-state index is 12.7. The molecule has 1 aliphatic rings. The molecule has 0 fully saturated rings. The molecule has 1 aromatic rings. The number of fused-ring (bicyclic) bond motifs is 1. The number of carbonyl (C=O) groups excluding carboxylic acids is 1. The smallest absolute Gasteiger partial charge is 0.329 e. The van der Waals surface area contributed by atoms with Gasteiger partial charge >= 0.3 is 5.97 Å². The summed E-state index contributed by atoms with van der Waals surface area (Å²) in [5.41, 5.74) is 0.997. The van der Waals surface area contributed by atoms with E-state index in [-0.39, 0.29) is 11.2 Å². The molecule has 0 spiro atoms. The van der Waals surface area contributed by atoms with Crippen LogP contribution in [0.4, 0.5) is 0 Å². The molecule has 1 N–H and O–H groups in total. The highest BCUT2D eigenvalue weighted by Crippen LogP contribution is 2.38. The van der Waals surface area contributed by atoms with Gasteiger partial charge in [-0.05, 0) is 37.1 Å². The number of aliphatic carboxylic acids is 1. The number of thioether (sulfide) groups is 1. The van der Waals surface area contributed by atoms with Crippen LogP contribution in [0.2, 0.25) is 0 Å². The molecule has 1 aliphatic heterocycles. The highest BCUT2D eigenvalue weighted by Gasteiger charge is 2.39. The van der Waals surface area contributed by atoms with E-state index in [0.29, 0.717) is 0 Å². The molecular formula is C15H19NO3S. The van der Waals surface area contributed by atoms with Crippen LogP contribution in [-0.2, 0) is 16.0 Å². The van der Waals surface area contributed by atoms with E-state index in [1.165, 1.54) is 10.5 Å². The van der Waals surface area contributed by atoms with E-state index in [4.69, 9.17) is 0 Å². The molecule has 4 nitrogen and oxygen atoms in total. The van der Waals surface area contributed by atoms with Gasteiger partial charge in [0.05, 0.1) is 0 Å². The van der Waals surface area contributed by atoms with Crippen LogP contribution in [0.15, 0.2) is 24.3 Å². The second-order valence-electron chi connectivity index (χ2n) is 5.46. The minimum absolute atomic E-state index is 0.144. The molecule has 1 amide bonds. The number of aryl methyl sites for hydroxylation is 1. The monoisotopic (exact) mass is 293 g/mol. The highest BCUT2D eigenvalue weighted by molar-refractivity contribution is 8.00. The quantitative estimate of drug-likeness (QED) is 0.929. The van der Waals surface area contributed by atoms with E-state index in [0.717, 1.165) is 17.7 Å². The predicted molar refractivity (Wildman–Crippen MR) is 79.8 cm³/mol. The van der Waals surface area contributed by atoms with Gasteiger partial charge in [0.1, 0.15) is 10.8 Å². The van der Waals surface area contributed by atoms with Crippen LogP contribution < -0.4 is 0 Å². The molecular weight excluding hydrogens is 274 g/mol. The normalized spacial score (nSPS) is 18.2. The minimum Gasteiger partial charge on any atom is -0.480 e. The Morgan fingerprint density at radius 3 is 2.65 bits per heavy atom. The first-order chi connectivity index (χ1) is 9.35. The van der Waals surface area contributed by atoms with Crippen LogP contribution in [-0.4, -0.2) is 40.2 Å². The summed E-state index contributed by atoms with van der Waals surface area (Å²) < 4.78 is 0. The van der Waals surface area contributed by atoms with E-state index < -0.39 is 11.5 Å². The second kappa shape index (κ2) is 5.48. The fraction of sp³-hybridized carbons (Fsp3) is 0.467. The number of hydrogen-bond donors (Lipinski definition) is 1. The van der Waals surface area contributed by atoms with E-state index in [1.807, 2.05) is 24.3 Å². The van der Waals surface area contributed by atoms with Crippen LogP contribution in [0.5, 0.6) is 0 Å². The number of benzene rings is 1. The summed E-state index contributed by atoms with van der Waals surface area (Å²) in [6.07, 6.45) is 0.955. The van der Waals surface area contributed by atoms with Crippen LogP contribution in [0.25, 0.3) is 0 Å². The maximum Gasteiger partial charge on any atom is 0.329 e. The van der Waals surface area contributed by atoms with E-state index in [2.05, 4.69) is 0 Å². The number of carboxylic acid groups (broad SMARTS) is 1. The lowest BCUT2D eigenvalue weighted by Gasteiger charge is -2.35. The van der Waals surface area contributed by atoms with Crippen LogP contribution in [0.1, 0.15) is 30.2 Å². The summed E-state index contributed by atoms with van der Waals surface area (Å²) >= 11 is 1.59. The fourth-order valence-electron chi connectivity index (χ4n) is 2.19. The van der Waals surface area contributed by atoms with E-state index in [1.54, 1.807) is 32.7 Å². The molecule has 1 aromatic carbocycles. The molecule has 1 heterocycles. The fourth-order valence-corrected chi connectivity index (χ4v) is 3.48. The Labute approximate surface area is 123 Å². The van der Waals surface area contributed by atoms with Gasteiger partial charge in [0.15, 0.2) is 0 Å². The van der Waals surface area contributed by atoms with Gasteiger partial charge in [-0.1, -0.05) is 24.3 Å². The first kappa shape index (κ1) is 14.9. The van der Waals surface area contributed by atoms with Gasteiger partial charge in [-0.2, -0.15) is 0 Å². The van der Waals surface area contributed by atoms with Gasteiger partial charge in [-0.15, -0.1) is 11.8 Å². The average molecular weight is 293 g/mol. The van der Waals surface area contributed by atoms with Gasteiger partial charge in [-0.25, -0.2) is 4.79 Å². The molecule has 108 valence electrons. The molecule has 20 heavy (non-hydrogen) atoms. The number of hydrogen-bond acceptors (Lipinski definition) is 3. The zero-order valence-corrected chi connectivity index (χ0v) is 12.7. The molecule has 0 radical (unpaired) electrons. The summed E-state index contributed by atoms with van der Waals surface area (Å²) in [6, 6.07) is 7.90. The molecule has 5 heteroatoms. The van der Waals surface area contributed by atoms with Crippen molar-refractivity contribution >= 4 is 23.6 Å². The van der Waals surface area contributed by atoms with Crippen molar-refractivity contribution in [1.82, 2.24) is 4.90 Å². The Morgan fingerprint density at radius 2 is 2.00 bits per heavy atom. The molecule has 0 bridgehead atoms. The number of nitrogens with zero attached hydrogens (tertiary/aromatic N) is 1. The summed E-state index contributed by atoms with van der Waals surface area (Å²) in [5.74, 6) is -0.258. The van der Waals surface area contributed by atoms with Crippen molar-refractivity contribution in [2.75, 3.05) is 12.8 Å². The standard InChI is InChI=1S/C15H19NO3S/c1-15(2,14(18)19)16(3)13(17)12-11-7-5-4-6-10(11)8-9-20-12/h4-7,12H,8-9H2,1-3H3,(H,18,19). The van der Waals surface area contributed by atoms with Gasteiger partial charge in [-0.3, -0.25) is 4.79 Å². The zero-order chi connectivity index (χ0) is 14.9. The SMILES string of the molecule is CN(C(=O)C1SCCc2ccccc21)C(C)(C)C(=O)O. The van der Waals surface area contributed by atoms with Gasteiger partial charge < -0.3 is 10.0 Å². The predicted octanol–water partition coefficient (Wildman–Crippen LogP) is 2.34. The van der Waals surface area contributed by atoms with Crippen molar-refractivity contribution in [2.45, 2.75) is 31.1 Å². The third-order valence-electron chi connectivity index (χ3n) is 3.91. The third kappa shape index (κ3) is 2.54. The lowest BCUT2D eigenvalue weighted by Crippen LogP contribution is -2.52. The van der Waals surface area contributed by atoms with Crippen molar-refractivity contribution < 1.29 is 14.7 Å². The first-order valence-electron chi connectivity index (χ1n) is 6.56. The molecule has 0 saturated heterocycles. The summed E-state index contributed by atoms with van der Waals surface area (Å²) in [5, 5.41) is 8.95. The number of amides is 1. The van der Waals surface area contributed by atoms with Crippen LogP contribution in [0, 0.1) is 0 Å². The van der Waals surface area contributed by atoms with E-state index in [9.17, 15) is 14.7 Å². The van der Waals surface area contributed by atoms with Crippen molar-refractivity contribution in [3.63, 3.8) is 0 Å². The average Bonchev–Trinajstić information content (AvgIpc) is 2.44. The zero-order valence-electron chi connectivity index (χ0n) is 11.9. The van der Waals surface area contributed by atoms with Crippen LogP contribution in [0.3, 0.4) is 0 Å². The van der Waals surface area contributed by atoms with Gasteiger partial charge in [0.25, 0.3) is 0 Å². The Balaban J connectivity index is 2.29. The molecule has 1 atom stereocenters. The molecule has 0 aromatic heterocycles. The number of likely N-dealkylation sites (N-methyl/N-ethyl adjacent to an activating group) is 1. The molecule has 0 saturated carbocycles. The molecule has 2 rings (SSSR count). The number of rotatable bonds is 3. The largest absolute Gasteiger partial charge is 0.480 e. The number of carboxylic acids is 1. The van der Waals surface area contributed by atoms with Gasteiger partial charge in [0.2, 0.25) is 5.91 Å². The minimum atomic E-state index is -1.20. The Kier molecular flexibility index (Phi) is 4.09. The van der Waals surface area contributed by atoms with Crippen molar-refractivity contribution in [3.05, 3.63) is 35.4 Å².